The van der Waals surface area contributed by atoms with Gasteiger partial charge in [-0.3, -0.25) is 0 Å². The van der Waals surface area contributed by atoms with Gasteiger partial charge in [0, 0.05) is 31.7 Å². The SMILES string of the molecule is [Ir].[c-]1cc2c(cc1-c1ccccn1)CC1(C2)c2ccccc2-c2ccc(-c3ccccc3)cc21. The maximum absolute atomic E-state index is 4.55. The van der Waals surface area contributed by atoms with E-state index in [1.165, 1.54) is 44.5 Å². The van der Waals surface area contributed by atoms with Crippen LogP contribution in [0.1, 0.15) is 22.3 Å². The molecule has 165 valence electrons. The molecule has 0 saturated heterocycles. The summed E-state index contributed by atoms with van der Waals surface area (Å²) in [6, 6.07) is 40.9. The second-order valence-electron chi connectivity index (χ2n) is 9.22. The van der Waals surface area contributed by atoms with E-state index < -0.39 is 0 Å². The van der Waals surface area contributed by atoms with Crippen molar-refractivity contribution in [2.24, 2.45) is 0 Å². The molecule has 0 N–H and O–H groups in total. The number of rotatable bonds is 2. The predicted octanol–water partition coefficient (Wildman–Crippen LogP) is 7.28. The Bertz CT molecular complexity index is 1510. The zero-order chi connectivity index (χ0) is 21.8. The van der Waals surface area contributed by atoms with Crippen LogP contribution in [0.2, 0.25) is 0 Å². The van der Waals surface area contributed by atoms with E-state index in [0.29, 0.717) is 0 Å². The molecule has 7 rings (SSSR count). The molecule has 1 radical (unpaired) electrons. The quantitative estimate of drug-likeness (QED) is 0.191. The number of pyridine rings is 1. The Labute approximate surface area is 213 Å². The van der Waals surface area contributed by atoms with Crippen molar-refractivity contribution in [1.29, 1.82) is 0 Å². The van der Waals surface area contributed by atoms with E-state index in [0.717, 1.165) is 24.1 Å². The smallest absolute Gasteiger partial charge is 0.0201 e. The van der Waals surface area contributed by atoms with Crippen LogP contribution in [-0.2, 0) is 38.4 Å². The number of hydrogen-bond acceptors (Lipinski definition) is 1. The van der Waals surface area contributed by atoms with Crippen molar-refractivity contribution < 1.29 is 20.1 Å². The van der Waals surface area contributed by atoms with Crippen LogP contribution in [0, 0.1) is 6.07 Å². The van der Waals surface area contributed by atoms with Crippen LogP contribution in [0.5, 0.6) is 0 Å². The minimum Gasteiger partial charge on any atom is -0.305 e. The Hall–Kier alpha value is -3.32. The molecule has 5 aromatic rings. The Morgan fingerprint density at radius 1 is 0.647 bits per heavy atom. The van der Waals surface area contributed by atoms with Gasteiger partial charge in [-0.25, -0.2) is 0 Å². The van der Waals surface area contributed by atoms with Crippen LogP contribution in [-0.4, -0.2) is 4.98 Å². The minimum atomic E-state index is -0.0182. The van der Waals surface area contributed by atoms with Crippen LogP contribution in [0.4, 0.5) is 0 Å². The van der Waals surface area contributed by atoms with Gasteiger partial charge < -0.3 is 4.98 Å². The molecule has 0 saturated carbocycles. The Morgan fingerprint density at radius 3 is 2.26 bits per heavy atom. The third-order valence-corrected chi connectivity index (χ3v) is 7.43. The maximum atomic E-state index is 4.55. The molecule has 2 heteroatoms. The fraction of sp³-hybridized carbons (Fsp3) is 0.0938. The number of aromatic nitrogens is 1. The van der Waals surface area contributed by atoms with Crippen molar-refractivity contribution in [3.63, 3.8) is 0 Å². The van der Waals surface area contributed by atoms with E-state index in [-0.39, 0.29) is 25.5 Å². The molecule has 0 amide bonds. The van der Waals surface area contributed by atoms with Crippen molar-refractivity contribution >= 4 is 0 Å². The zero-order valence-electron chi connectivity index (χ0n) is 18.6. The molecule has 2 aliphatic rings. The largest absolute Gasteiger partial charge is 0.305 e. The van der Waals surface area contributed by atoms with Crippen LogP contribution in [0.25, 0.3) is 33.5 Å². The van der Waals surface area contributed by atoms with Crippen LogP contribution >= 0.6 is 0 Å². The van der Waals surface area contributed by atoms with Gasteiger partial charge in [-0.15, -0.1) is 34.9 Å². The first kappa shape index (κ1) is 21.2. The summed E-state index contributed by atoms with van der Waals surface area (Å²) in [5, 5.41) is 0. The van der Waals surface area contributed by atoms with Crippen molar-refractivity contribution in [2.75, 3.05) is 0 Å². The van der Waals surface area contributed by atoms with E-state index in [9.17, 15) is 0 Å². The van der Waals surface area contributed by atoms with E-state index in [1.807, 2.05) is 18.3 Å². The predicted molar refractivity (Wildman–Crippen MR) is 134 cm³/mol. The van der Waals surface area contributed by atoms with Gasteiger partial charge in [-0.1, -0.05) is 78.9 Å². The van der Waals surface area contributed by atoms with Gasteiger partial charge in [0.1, 0.15) is 0 Å². The Balaban J connectivity index is 0.00000217. The van der Waals surface area contributed by atoms with Gasteiger partial charge in [-0.2, -0.15) is 0 Å². The van der Waals surface area contributed by atoms with Crippen LogP contribution < -0.4 is 0 Å². The zero-order valence-corrected chi connectivity index (χ0v) is 21.0. The molecule has 1 atom stereocenters. The summed E-state index contributed by atoms with van der Waals surface area (Å²) in [5.41, 5.74) is 13.1. The fourth-order valence-electron chi connectivity index (χ4n) is 5.92. The molecule has 2 aliphatic carbocycles. The molecule has 1 spiro atoms. The Morgan fingerprint density at radius 2 is 1.41 bits per heavy atom. The van der Waals surface area contributed by atoms with E-state index in [1.54, 1.807) is 0 Å². The standard InChI is InChI=1S/C32H22N.Ir/c1-2-8-22(9-3-1)23-15-16-28-27-10-4-5-11-29(27)32(30(28)19-23)20-25-14-13-24(18-26(25)21-32)31-12-6-7-17-33-31;/h1-12,14-19H,20-21H2;/q-1;. The molecule has 1 nitrogen and oxygen atoms in total. The summed E-state index contributed by atoms with van der Waals surface area (Å²) in [7, 11) is 0. The first-order chi connectivity index (χ1) is 16.3. The topological polar surface area (TPSA) is 12.9 Å². The van der Waals surface area contributed by atoms with Gasteiger partial charge in [0.2, 0.25) is 0 Å². The monoisotopic (exact) mass is 613 g/mol. The van der Waals surface area contributed by atoms with E-state index in [2.05, 4.69) is 102 Å². The molecule has 1 heterocycles. The molecular weight excluding hydrogens is 591 g/mol. The summed E-state index contributed by atoms with van der Waals surface area (Å²) >= 11 is 0. The molecule has 1 unspecified atom stereocenters. The summed E-state index contributed by atoms with van der Waals surface area (Å²) in [6.07, 6.45) is 3.88. The van der Waals surface area contributed by atoms with E-state index in [4.69, 9.17) is 0 Å². The second-order valence-corrected chi connectivity index (χ2v) is 9.22. The van der Waals surface area contributed by atoms with Gasteiger partial charge in [0.05, 0.1) is 0 Å². The first-order valence-electron chi connectivity index (χ1n) is 11.6. The number of benzene rings is 4. The number of fused-ring (bicyclic) bond motifs is 6. The molecule has 1 aromatic heterocycles. The van der Waals surface area contributed by atoms with Gasteiger partial charge in [0.15, 0.2) is 0 Å². The van der Waals surface area contributed by atoms with Crippen LogP contribution in [0.3, 0.4) is 0 Å². The summed E-state index contributed by atoms with van der Waals surface area (Å²) in [4.78, 5) is 4.55. The third kappa shape index (κ3) is 3.14. The molecule has 0 bridgehead atoms. The normalized spacial score (nSPS) is 17.1. The molecule has 4 aromatic carbocycles. The Kier molecular flexibility index (Phi) is 5.10. The summed E-state index contributed by atoms with van der Waals surface area (Å²) < 4.78 is 0. The second kappa shape index (κ2) is 8.16. The summed E-state index contributed by atoms with van der Waals surface area (Å²) in [5.74, 6) is 0. The average Bonchev–Trinajstić information content (AvgIpc) is 3.41. The minimum absolute atomic E-state index is 0. The van der Waals surface area contributed by atoms with Crippen molar-refractivity contribution in [2.45, 2.75) is 18.3 Å². The van der Waals surface area contributed by atoms with E-state index >= 15 is 0 Å². The number of nitrogens with zero attached hydrogens (tertiary/aromatic N) is 1. The average molecular weight is 613 g/mol. The maximum Gasteiger partial charge on any atom is 0.0201 e. The summed E-state index contributed by atoms with van der Waals surface area (Å²) in [6.45, 7) is 0. The third-order valence-electron chi connectivity index (χ3n) is 7.43. The van der Waals surface area contributed by atoms with Crippen molar-refractivity contribution in [3.8, 4) is 33.5 Å². The molecular formula is C32H22IrN-. The molecule has 0 fully saturated rings. The van der Waals surface area contributed by atoms with Crippen molar-refractivity contribution in [3.05, 3.63) is 138 Å². The first-order valence-corrected chi connectivity index (χ1v) is 11.6. The van der Waals surface area contributed by atoms with Gasteiger partial charge in [0.25, 0.3) is 0 Å². The molecule has 34 heavy (non-hydrogen) atoms. The van der Waals surface area contributed by atoms with Crippen LogP contribution in [0.15, 0.2) is 109 Å². The number of hydrogen-bond donors (Lipinski definition) is 0. The van der Waals surface area contributed by atoms with Gasteiger partial charge >= 0.3 is 0 Å². The fourth-order valence-corrected chi connectivity index (χ4v) is 5.92. The van der Waals surface area contributed by atoms with Crippen molar-refractivity contribution in [1.82, 2.24) is 4.98 Å². The van der Waals surface area contributed by atoms with Gasteiger partial charge in [-0.05, 0) is 64.0 Å². The molecule has 0 aliphatic heterocycles.